The number of nitrogens with zero attached hydrogens (tertiary/aromatic N) is 3. The summed E-state index contributed by atoms with van der Waals surface area (Å²) in [5.41, 5.74) is 2.34. The molecule has 24 heavy (non-hydrogen) atoms. The lowest BCUT2D eigenvalue weighted by Crippen LogP contribution is -2.12. The molecule has 0 bridgehead atoms. The van der Waals surface area contributed by atoms with Crippen LogP contribution >= 0.6 is 0 Å². The van der Waals surface area contributed by atoms with Gasteiger partial charge in [0.2, 0.25) is 5.88 Å². The highest BCUT2D eigenvalue weighted by atomic mass is 16.5. The van der Waals surface area contributed by atoms with E-state index in [-0.39, 0.29) is 11.3 Å². The number of amides is 1. The standard InChI is InChI=1S/C18H20N4O2/c1-18(2,3)15-10-16(24-21-15)20-17(23)14-6-4-13(5-7-14)11-22-9-8-19-12-22/h4-10,12H,11H2,1-3H3,(H,20,23). The van der Waals surface area contributed by atoms with Crippen molar-refractivity contribution in [1.29, 1.82) is 0 Å². The van der Waals surface area contributed by atoms with Gasteiger partial charge in [0.05, 0.1) is 12.0 Å². The predicted octanol–water partition coefficient (Wildman–Crippen LogP) is 3.47. The Kier molecular flexibility index (Phi) is 4.20. The molecule has 0 atom stereocenters. The number of anilines is 1. The minimum Gasteiger partial charge on any atom is -0.338 e. The molecule has 0 saturated heterocycles. The van der Waals surface area contributed by atoms with E-state index in [9.17, 15) is 4.79 Å². The highest BCUT2D eigenvalue weighted by Gasteiger charge is 2.19. The van der Waals surface area contributed by atoms with Crippen molar-refractivity contribution < 1.29 is 9.32 Å². The second kappa shape index (κ2) is 6.31. The zero-order chi connectivity index (χ0) is 17.2. The molecule has 0 fully saturated rings. The maximum absolute atomic E-state index is 12.3. The van der Waals surface area contributed by atoms with Crippen LogP contribution in [0.4, 0.5) is 5.88 Å². The van der Waals surface area contributed by atoms with Crippen LogP contribution < -0.4 is 5.32 Å². The van der Waals surface area contributed by atoms with Gasteiger partial charge in [0, 0.05) is 36.0 Å². The molecule has 1 aromatic carbocycles. The van der Waals surface area contributed by atoms with Crippen LogP contribution in [0.3, 0.4) is 0 Å². The minimum absolute atomic E-state index is 0.124. The van der Waals surface area contributed by atoms with E-state index < -0.39 is 0 Å². The van der Waals surface area contributed by atoms with Crippen LogP contribution in [0.15, 0.2) is 53.6 Å². The summed E-state index contributed by atoms with van der Waals surface area (Å²) < 4.78 is 7.15. The lowest BCUT2D eigenvalue weighted by molar-refractivity contribution is 0.102. The number of carbonyl (C=O) groups is 1. The number of hydrogen-bond acceptors (Lipinski definition) is 4. The summed E-state index contributed by atoms with van der Waals surface area (Å²) in [4.78, 5) is 16.3. The Morgan fingerprint density at radius 3 is 2.58 bits per heavy atom. The topological polar surface area (TPSA) is 73.0 Å². The summed E-state index contributed by atoms with van der Waals surface area (Å²) >= 11 is 0. The normalized spacial score (nSPS) is 11.5. The first-order chi connectivity index (χ1) is 11.4. The van der Waals surface area contributed by atoms with E-state index in [4.69, 9.17) is 4.52 Å². The lowest BCUT2D eigenvalue weighted by atomic mass is 9.92. The Morgan fingerprint density at radius 1 is 1.25 bits per heavy atom. The average Bonchev–Trinajstić information content (AvgIpc) is 3.19. The predicted molar refractivity (Wildman–Crippen MR) is 90.9 cm³/mol. The van der Waals surface area contributed by atoms with Crippen molar-refractivity contribution in [1.82, 2.24) is 14.7 Å². The van der Waals surface area contributed by atoms with E-state index in [1.807, 2.05) is 43.7 Å². The molecular weight excluding hydrogens is 304 g/mol. The van der Waals surface area contributed by atoms with Gasteiger partial charge in [-0.15, -0.1) is 0 Å². The lowest BCUT2D eigenvalue weighted by Gasteiger charge is -2.12. The molecule has 3 aromatic rings. The second-order valence-electron chi connectivity index (χ2n) is 6.71. The number of imidazole rings is 1. The molecule has 0 aliphatic heterocycles. The van der Waals surface area contributed by atoms with Crippen LogP contribution in [0.1, 0.15) is 42.4 Å². The average molecular weight is 324 g/mol. The van der Waals surface area contributed by atoms with Crippen LogP contribution in [0.2, 0.25) is 0 Å². The van der Waals surface area contributed by atoms with E-state index in [1.165, 1.54) is 0 Å². The third-order valence-corrected chi connectivity index (χ3v) is 3.66. The molecule has 2 heterocycles. The molecule has 1 amide bonds. The molecule has 0 spiro atoms. The molecule has 0 aliphatic carbocycles. The van der Waals surface area contributed by atoms with Gasteiger partial charge < -0.3 is 9.09 Å². The second-order valence-corrected chi connectivity index (χ2v) is 6.71. The van der Waals surface area contributed by atoms with E-state index >= 15 is 0 Å². The molecule has 0 radical (unpaired) electrons. The number of nitrogens with one attached hydrogen (secondary N) is 1. The van der Waals surface area contributed by atoms with Crippen molar-refractivity contribution in [3.8, 4) is 0 Å². The van der Waals surface area contributed by atoms with Crippen molar-refractivity contribution in [2.45, 2.75) is 32.7 Å². The summed E-state index contributed by atoms with van der Waals surface area (Å²) in [5.74, 6) is 0.133. The molecule has 3 rings (SSSR count). The van der Waals surface area contributed by atoms with Crippen LogP contribution in [-0.4, -0.2) is 20.6 Å². The molecule has 6 nitrogen and oxygen atoms in total. The highest BCUT2D eigenvalue weighted by Crippen LogP contribution is 2.23. The summed E-state index contributed by atoms with van der Waals surface area (Å²) in [7, 11) is 0. The third-order valence-electron chi connectivity index (χ3n) is 3.66. The Labute approximate surface area is 140 Å². The van der Waals surface area contributed by atoms with Gasteiger partial charge in [-0.3, -0.25) is 10.1 Å². The molecular formula is C18H20N4O2. The van der Waals surface area contributed by atoms with Crippen molar-refractivity contribution in [2.75, 3.05) is 5.32 Å². The highest BCUT2D eigenvalue weighted by molar-refractivity contribution is 6.03. The fraction of sp³-hybridized carbons (Fsp3) is 0.278. The minimum atomic E-state index is -0.221. The number of carbonyl (C=O) groups excluding carboxylic acids is 1. The first-order valence-electron chi connectivity index (χ1n) is 7.75. The Bertz CT molecular complexity index is 812. The van der Waals surface area contributed by atoms with Crippen molar-refractivity contribution >= 4 is 11.8 Å². The zero-order valence-corrected chi connectivity index (χ0v) is 14.0. The molecule has 0 aliphatic rings. The number of hydrogen-bond donors (Lipinski definition) is 1. The zero-order valence-electron chi connectivity index (χ0n) is 14.0. The van der Waals surface area contributed by atoms with Gasteiger partial charge in [0.1, 0.15) is 0 Å². The van der Waals surface area contributed by atoms with Gasteiger partial charge in [0.25, 0.3) is 5.91 Å². The van der Waals surface area contributed by atoms with E-state index in [0.29, 0.717) is 11.4 Å². The van der Waals surface area contributed by atoms with Crippen LogP contribution in [0.5, 0.6) is 0 Å². The first kappa shape index (κ1) is 16.0. The molecule has 124 valence electrons. The van der Waals surface area contributed by atoms with Gasteiger partial charge in [-0.1, -0.05) is 38.1 Å². The summed E-state index contributed by atoms with van der Waals surface area (Å²) in [5, 5.41) is 6.72. The van der Waals surface area contributed by atoms with Gasteiger partial charge in [0.15, 0.2) is 0 Å². The number of aromatic nitrogens is 3. The van der Waals surface area contributed by atoms with Gasteiger partial charge in [-0.05, 0) is 17.7 Å². The molecule has 0 saturated carbocycles. The fourth-order valence-electron chi connectivity index (χ4n) is 2.22. The van der Waals surface area contributed by atoms with Gasteiger partial charge in [-0.25, -0.2) is 4.98 Å². The summed E-state index contributed by atoms with van der Waals surface area (Å²) in [6.45, 7) is 6.83. The SMILES string of the molecule is CC(C)(C)c1cc(NC(=O)c2ccc(Cn3ccnc3)cc2)on1. The van der Waals surface area contributed by atoms with Gasteiger partial charge in [-0.2, -0.15) is 0 Å². The van der Waals surface area contributed by atoms with Crippen molar-refractivity contribution in [2.24, 2.45) is 0 Å². The van der Waals surface area contributed by atoms with Crippen LogP contribution in [0, 0.1) is 0 Å². The fourth-order valence-corrected chi connectivity index (χ4v) is 2.22. The van der Waals surface area contributed by atoms with Crippen molar-refractivity contribution in [3.63, 3.8) is 0 Å². The number of rotatable bonds is 4. The smallest absolute Gasteiger partial charge is 0.258 e. The Morgan fingerprint density at radius 2 is 2.00 bits per heavy atom. The molecule has 6 heteroatoms. The Hall–Kier alpha value is -2.89. The molecule has 1 N–H and O–H groups in total. The van der Waals surface area contributed by atoms with Crippen LogP contribution in [0.25, 0.3) is 0 Å². The molecule has 0 unspecified atom stereocenters. The van der Waals surface area contributed by atoms with E-state index in [2.05, 4.69) is 15.5 Å². The summed E-state index contributed by atoms with van der Waals surface area (Å²) in [6.07, 6.45) is 5.40. The first-order valence-corrected chi connectivity index (χ1v) is 7.75. The summed E-state index contributed by atoms with van der Waals surface area (Å²) in [6, 6.07) is 9.20. The maximum atomic E-state index is 12.3. The largest absolute Gasteiger partial charge is 0.338 e. The molecule has 2 aromatic heterocycles. The maximum Gasteiger partial charge on any atom is 0.258 e. The van der Waals surface area contributed by atoms with Crippen molar-refractivity contribution in [3.05, 3.63) is 65.9 Å². The van der Waals surface area contributed by atoms with Crippen LogP contribution in [-0.2, 0) is 12.0 Å². The van der Waals surface area contributed by atoms with E-state index in [0.717, 1.165) is 17.8 Å². The monoisotopic (exact) mass is 324 g/mol. The third kappa shape index (κ3) is 3.71. The van der Waals surface area contributed by atoms with Gasteiger partial charge >= 0.3 is 0 Å². The number of benzene rings is 1. The van der Waals surface area contributed by atoms with E-state index in [1.54, 1.807) is 30.7 Å². The quantitative estimate of drug-likeness (QED) is 0.797. The Balaban J connectivity index is 1.65.